The molecule has 0 aromatic rings. The van der Waals surface area contributed by atoms with Crippen LogP contribution in [0.25, 0.3) is 0 Å². The maximum atomic E-state index is 5.13. The van der Waals surface area contributed by atoms with Crippen molar-refractivity contribution in [2.24, 2.45) is 22.9 Å². The molecular weight excluding hydrogens is 128 g/mol. The number of hydrogen-bond acceptors (Lipinski definition) is 4. The second kappa shape index (κ2) is 6.95. The molecule has 0 aromatic carbocycles. The summed E-state index contributed by atoms with van der Waals surface area (Å²) < 4.78 is 0. The lowest BCUT2D eigenvalue weighted by Gasteiger charge is -2.07. The lowest BCUT2D eigenvalue weighted by molar-refractivity contribution is 0.547. The Kier molecular flexibility index (Phi) is 8.70. The van der Waals surface area contributed by atoms with Gasteiger partial charge in [-0.2, -0.15) is 0 Å². The average Bonchev–Trinajstić information content (AvgIpc) is 1.63. The molecule has 0 atom stereocenters. The maximum Gasteiger partial charge on any atom is 0.0578 e. The van der Waals surface area contributed by atoms with E-state index < -0.39 is 5.66 Å². The van der Waals surface area contributed by atoms with Crippen LogP contribution in [0, 0.1) is 0 Å². The molecule has 0 unspecified atom stereocenters. The Bertz CT molecular complexity index is 49.3. The second-order valence-electron chi connectivity index (χ2n) is 2.75. The Balaban J connectivity index is 0. The summed E-state index contributed by atoms with van der Waals surface area (Å²) in [7, 11) is 0. The third kappa shape index (κ3) is 108. The van der Waals surface area contributed by atoms with Crippen molar-refractivity contribution in [3.8, 4) is 0 Å². The van der Waals surface area contributed by atoms with Crippen LogP contribution in [0.15, 0.2) is 0 Å². The highest BCUT2D eigenvalue weighted by atomic mass is 14.9. The molecule has 4 heteroatoms. The summed E-state index contributed by atoms with van der Waals surface area (Å²) in [6, 6.07) is 0. The summed E-state index contributed by atoms with van der Waals surface area (Å²) in [5.74, 6) is 0. The van der Waals surface area contributed by atoms with Crippen molar-refractivity contribution in [2.75, 3.05) is 13.1 Å². The Hall–Kier alpha value is -0.160. The lowest BCUT2D eigenvalue weighted by atomic mass is 10.3. The zero-order valence-corrected chi connectivity index (χ0v) is 6.93. The summed E-state index contributed by atoms with van der Waals surface area (Å²) in [6.45, 7) is 4.92. The normalized spacial score (nSPS) is 10.2. The number of rotatable bonds is 2. The van der Waals surface area contributed by atoms with Gasteiger partial charge in [0.1, 0.15) is 0 Å². The van der Waals surface area contributed by atoms with E-state index in [0.29, 0.717) is 0 Å². The monoisotopic (exact) mass is 148 g/mol. The fourth-order valence-electron chi connectivity index (χ4n) is 0.118. The molecule has 64 valence electrons. The molecular formula is C6H20N4. The van der Waals surface area contributed by atoms with Crippen molar-refractivity contribution in [2.45, 2.75) is 25.9 Å². The molecule has 0 aliphatic rings. The minimum absolute atomic E-state index is 0.500. The van der Waals surface area contributed by atoms with Crippen molar-refractivity contribution >= 4 is 0 Å². The molecule has 4 nitrogen and oxygen atoms in total. The van der Waals surface area contributed by atoms with Gasteiger partial charge >= 0.3 is 0 Å². The average molecular weight is 148 g/mol. The van der Waals surface area contributed by atoms with Crippen molar-refractivity contribution in [3.05, 3.63) is 0 Å². The van der Waals surface area contributed by atoms with Crippen molar-refractivity contribution in [1.82, 2.24) is 0 Å². The van der Waals surface area contributed by atoms with Gasteiger partial charge in [0.2, 0.25) is 0 Å². The molecule has 0 rings (SSSR count). The minimum Gasteiger partial charge on any atom is -0.330 e. The largest absolute Gasteiger partial charge is 0.330 e. The molecule has 0 heterocycles. The SMILES string of the molecule is CC(C)(N)N.NCCCN. The van der Waals surface area contributed by atoms with Crippen LogP contribution in [0.1, 0.15) is 20.3 Å². The summed E-state index contributed by atoms with van der Waals surface area (Å²) in [4.78, 5) is 0. The summed E-state index contributed by atoms with van der Waals surface area (Å²) in [5.41, 5.74) is 19.9. The minimum atomic E-state index is -0.500. The number of hydrogen-bond donors (Lipinski definition) is 4. The Morgan fingerprint density at radius 2 is 1.20 bits per heavy atom. The van der Waals surface area contributed by atoms with Crippen LogP contribution in [0.5, 0.6) is 0 Å². The molecule has 0 bridgehead atoms. The first-order chi connectivity index (χ1) is 4.41. The third-order valence-corrected chi connectivity index (χ3v) is 0.408. The lowest BCUT2D eigenvalue weighted by Crippen LogP contribution is -2.42. The molecule has 0 saturated carbocycles. The van der Waals surface area contributed by atoms with E-state index in [9.17, 15) is 0 Å². The smallest absolute Gasteiger partial charge is 0.0578 e. The van der Waals surface area contributed by atoms with Gasteiger partial charge in [-0.25, -0.2) is 0 Å². The second-order valence-corrected chi connectivity index (χ2v) is 2.75. The van der Waals surface area contributed by atoms with E-state index >= 15 is 0 Å². The van der Waals surface area contributed by atoms with Crippen molar-refractivity contribution < 1.29 is 0 Å². The van der Waals surface area contributed by atoms with Crippen LogP contribution >= 0.6 is 0 Å². The van der Waals surface area contributed by atoms with Gasteiger partial charge < -0.3 is 22.9 Å². The topological polar surface area (TPSA) is 104 Å². The predicted octanol–water partition coefficient (Wildman–Crippen LogP) is -1.07. The van der Waals surface area contributed by atoms with E-state index in [1.54, 1.807) is 13.8 Å². The summed E-state index contributed by atoms with van der Waals surface area (Å²) in [5, 5.41) is 0. The molecule has 0 fully saturated rings. The van der Waals surface area contributed by atoms with Crippen LogP contribution in [-0.2, 0) is 0 Å². The van der Waals surface area contributed by atoms with Gasteiger partial charge in [0, 0.05) is 0 Å². The van der Waals surface area contributed by atoms with Gasteiger partial charge in [0.15, 0.2) is 0 Å². The molecule has 10 heavy (non-hydrogen) atoms. The molecule has 0 aliphatic heterocycles. The summed E-state index contributed by atoms with van der Waals surface area (Å²) >= 11 is 0. The molecule has 8 N–H and O–H groups in total. The quantitative estimate of drug-likeness (QED) is 0.374. The molecule has 0 spiro atoms. The van der Waals surface area contributed by atoms with E-state index in [1.165, 1.54) is 0 Å². The standard InChI is InChI=1S/2C3H10N2/c1-3(2,4)5;4-2-1-3-5/h4-5H2,1-2H3;1-5H2. The molecule has 0 saturated heterocycles. The Morgan fingerprint density at radius 3 is 1.20 bits per heavy atom. The van der Waals surface area contributed by atoms with Gasteiger partial charge in [0.25, 0.3) is 0 Å². The summed E-state index contributed by atoms with van der Waals surface area (Å²) in [6.07, 6.45) is 0.944. The van der Waals surface area contributed by atoms with Crippen LogP contribution in [0.2, 0.25) is 0 Å². The van der Waals surface area contributed by atoms with Crippen molar-refractivity contribution in [1.29, 1.82) is 0 Å². The zero-order valence-electron chi connectivity index (χ0n) is 6.93. The van der Waals surface area contributed by atoms with Crippen LogP contribution in [0.3, 0.4) is 0 Å². The fraction of sp³-hybridized carbons (Fsp3) is 1.00. The fourth-order valence-corrected chi connectivity index (χ4v) is 0.118. The van der Waals surface area contributed by atoms with Crippen LogP contribution in [-0.4, -0.2) is 18.8 Å². The highest BCUT2D eigenvalue weighted by molar-refractivity contribution is 4.57. The van der Waals surface area contributed by atoms with E-state index in [0.717, 1.165) is 19.5 Å². The Labute approximate surface area is 62.9 Å². The molecule has 0 amide bonds. The first kappa shape index (κ1) is 12.5. The first-order valence-corrected chi connectivity index (χ1v) is 3.39. The van der Waals surface area contributed by atoms with Crippen LogP contribution < -0.4 is 22.9 Å². The van der Waals surface area contributed by atoms with Gasteiger partial charge in [-0.3, -0.25) is 0 Å². The van der Waals surface area contributed by atoms with Crippen LogP contribution in [0.4, 0.5) is 0 Å². The highest BCUT2D eigenvalue weighted by Gasteiger charge is 1.95. The zero-order chi connectivity index (χ0) is 8.62. The first-order valence-electron chi connectivity index (χ1n) is 3.39. The van der Waals surface area contributed by atoms with E-state index in [-0.39, 0.29) is 0 Å². The van der Waals surface area contributed by atoms with Gasteiger partial charge in [-0.05, 0) is 33.4 Å². The molecule has 0 aliphatic carbocycles. The van der Waals surface area contributed by atoms with Crippen molar-refractivity contribution in [3.63, 3.8) is 0 Å². The number of nitrogens with two attached hydrogens (primary N) is 4. The maximum absolute atomic E-state index is 5.13. The highest BCUT2D eigenvalue weighted by Crippen LogP contribution is 1.76. The van der Waals surface area contributed by atoms with E-state index in [1.807, 2.05) is 0 Å². The van der Waals surface area contributed by atoms with E-state index in [2.05, 4.69) is 0 Å². The Morgan fingerprint density at radius 1 is 1.00 bits per heavy atom. The molecule has 0 radical (unpaired) electrons. The van der Waals surface area contributed by atoms with Gasteiger partial charge in [-0.15, -0.1) is 0 Å². The molecule has 0 aromatic heterocycles. The van der Waals surface area contributed by atoms with Gasteiger partial charge in [-0.1, -0.05) is 0 Å². The predicted molar refractivity (Wildman–Crippen MR) is 45.2 cm³/mol. The third-order valence-electron chi connectivity index (χ3n) is 0.408. The van der Waals surface area contributed by atoms with E-state index in [4.69, 9.17) is 22.9 Å². The van der Waals surface area contributed by atoms with Gasteiger partial charge in [0.05, 0.1) is 5.66 Å².